The molecule has 0 spiro atoms. The van der Waals surface area contributed by atoms with E-state index in [9.17, 15) is 9.18 Å². The minimum atomic E-state index is -0.751. The molecular formula is C26H21ClFN5O2. The van der Waals surface area contributed by atoms with Crippen LogP contribution in [0.5, 0.6) is 0 Å². The summed E-state index contributed by atoms with van der Waals surface area (Å²) in [4.78, 5) is 22.6. The average molecular weight is 490 g/mol. The van der Waals surface area contributed by atoms with Gasteiger partial charge in [-0.15, -0.1) is 0 Å². The Hall–Kier alpha value is -4.17. The molecule has 0 aliphatic carbocycles. The van der Waals surface area contributed by atoms with E-state index in [1.165, 1.54) is 12.1 Å². The van der Waals surface area contributed by atoms with Gasteiger partial charge in [0, 0.05) is 16.3 Å². The SMILES string of the molecule is CCC1=C(C(=O)Nc2ccccc2F)C(c2ccccc2Cl)N=C(Nc2nc3ccccc3o2)N1. The summed E-state index contributed by atoms with van der Waals surface area (Å²) < 4.78 is 20.0. The Morgan fingerprint density at radius 3 is 2.60 bits per heavy atom. The van der Waals surface area contributed by atoms with Crippen LogP contribution in [0.25, 0.3) is 11.1 Å². The molecule has 2 heterocycles. The van der Waals surface area contributed by atoms with Crippen LogP contribution in [0.4, 0.5) is 16.1 Å². The third-order valence-corrected chi connectivity index (χ3v) is 5.91. The first kappa shape index (κ1) is 22.6. The van der Waals surface area contributed by atoms with Gasteiger partial charge in [0.25, 0.3) is 5.91 Å². The molecule has 35 heavy (non-hydrogen) atoms. The van der Waals surface area contributed by atoms with Gasteiger partial charge in [-0.25, -0.2) is 9.38 Å². The van der Waals surface area contributed by atoms with Gasteiger partial charge in [0.1, 0.15) is 17.4 Å². The number of hydrogen-bond acceptors (Lipinski definition) is 6. The number of carbonyl (C=O) groups is 1. The van der Waals surface area contributed by atoms with Gasteiger partial charge < -0.3 is 15.1 Å². The molecule has 0 bridgehead atoms. The van der Waals surface area contributed by atoms with Crippen molar-refractivity contribution in [1.82, 2.24) is 10.3 Å². The van der Waals surface area contributed by atoms with E-state index in [2.05, 4.69) is 20.9 Å². The second-order valence-corrected chi connectivity index (χ2v) is 8.23. The van der Waals surface area contributed by atoms with E-state index >= 15 is 0 Å². The molecule has 176 valence electrons. The fourth-order valence-electron chi connectivity index (χ4n) is 3.91. The van der Waals surface area contributed by atoms with Gasteiger partial charge in [-0.3, -0.25) is 10.1 Å². The van der Waals surface area contributed by atoms with Gasteiger partial charge in [0.05, 0.1) is 11.3 Å². The summed E-state index contributed by atoms with van der Waals surface area (Å²) in [7, 11) is 0. The second kappa shape index (κ2) is 9.60. The highest BCUT2D eigenvalue weighted by molar-refractivity contribution is 6.31. The summed E-state index contributed by atoms with van der Waals surface area (Å²) in [5, 5.41) is 9.36. The number of nitrogens with zero attached hydrogens (tertiary/aromatic N) is 2. The molecule has 1 aliphatic rings. The zero-order chi connectivity index (χ0) is 24.4. The van der Waals surface area contributed by atoms with Crippen LogP contribution in [-0.4, -0.2) is 16.9 Å². The maximum Gasteiger partial charge on any atom is 0.302 e. The third kappa shape index (κ3) is 4.61. The maximum absolute atomic E-state index is 14.3. The lowest BCUT2D eigenvalue weighted by atomic mass is 9.94. The Morgan fingerprint density at radius 1 is 1.09 bits per heavy atom. The van der Waals surface area contributed by atoms with E-state index in [1.54, 1.807) is 24.3 Å². The van der Waals surface area contributed by atoms with Crippen LogP contribution < -0.4 is 16.0 Å². The van der Waals surface area contributed by atoms with Gasteiger partial charge in [-0.1, -0.05) is 61.0 Å². The lowest BCUT2D eigenvalue weighted by molar-refractivity contribution is -0.113. The van der Waals surface area contributed by atoms with Crippen molar-refractivity contribution in [1.29, 1.82) is 0 Å². The molecular weight excluding hydrogens is 469 g/mol. The van der Waals surface area contributed by atoms with Crippen molar-refractivity contribution < 1.29 is 13.6 Å². The number of halogens is 2. The molecule has 1 unspecified atom stereocenters. The molecule has 0 fully saturated rings. The summed E-state index contributed by atoms with van der Waals surface area (Å²) in [6, 6.07) is 20.1. The maximum atomic E-state index is 14.3. The molecule has 3 N–H and O–H groups in total. The molecule has 5 rings (SSSR count). The molecule has 1 aliphatic heterocycles. The molecule has 3 aromatic carbocycles. The number of benzene rings is 3. The zero-order valence-corrected chi connectivity index (χ0v) is 19.4. The Morgan fingerprint density at radius 2 is 1.83 bits per heavy atom. The van der Waals surface area contributed by atoms with Crippen molar-refractivity contribution in [3.05, 3.63) is 100 Å². The van der Waals surface area contributed by atoms with Crippen molar-refractivity contribution in [2.24, 2.45) is 4.99 Å². The monoisotopic (exact) mass is 489 g/mol. The van der Waals surface area contributed by atoms with Crippen molar-refractivity contribution in [3.63, 3.8) is 0 Å². The fraction of sp³-hybridized carbons (Fsp3) is 0.115. The zero-order valence-electron chi connectivity index (χ0n) is 18.7. The summed E-state index contributed by atoms with van der Waals surface area (Å²) in [5.74, 6) is -0.658. The van der Waals surface area contributed by atoms with Gasteiger partial charge >= 0.3 is 6.01 Å². The number of carbonyl (C=O) groups excluding carboxylic acids is 1. The largest absolute Gasteiger partial charge is 0.423 e. The number of aromatic nitrogens is 1. The van der Waals surface area contributed by atoms with Crippen LogP contribution in [0.3, 0.4) is 0 Å². The van der Waals surface area contributed by atoms with Crippen molar-refractivity contribution in [2.45, 2.75) is 19.4 Å². The summed E-state index contributed by atoms with van der Waals surface area (Å²) in [5.41, 5.74) is 3.00. The van der Waals surface area contributed by atoms with E-state index in [4.69, 9.17) is 21.0 Å². The molecule has 0 saturated heterocycles. The van der Waals surface area contributed by atoms with E-state index in [0.29, 0.717) is 45.3 Å². The number of nitrogens with one attached hydrogen (secondary N) is 3. The standard InChI is InChI=1S/C26H21ClFN5O2/c1-2-18-22(24(34)29-19-12-6-5-11-17(19)28)23(15-9-3-4-10-16(15)27)32-25(30-18)33-26-31-20-13-7-8-14-21(20)35-26/h3-14,23H,2H2,1H3,(H,29,34)(H2,30,31,32,33). The number of rotatable bonds is 5. The Bertz CT molecular complexity index is 1450. The van der Waals surface area contributed by atoms with E-state index in [-0.39, 0.29) is 11.7 Å². The number of amides is 1. The smallest absolute Gasteiger partial charge is 0.302 e. The van der Waals surface area contributed by atoms with Crippen LogP contribution in [0.2, 0.25) is 5.02 Å². The van der Waals surface area contributed by atoms with Crippen LogP contribution in [0, 0.1) is 5.82 Å². The third-order valence-electron chi connectivity index (χ3n) is 5.57. The number of fused-ring (bicyclic) bond motifs is 1. The van der Waals surface area contributed by atoms with Crippen LogP contribution in [-0.2, 0) is 4.79 Å². The van der Waals surface area contributed by atoms with E-state index in [1.807, 2.05) is 43.3 Å². The topological polar surface area (TPSA) is 91.5 Å². The van der Waals surface area contributed by atoms with Crippen LogP contribution in [0.15, 0.2) is 93.5 Å². The van der Waals surface area contributed by atoms with Gasteiger partial charge in [0.2, 0.25) is 5.96 Å². The number of para-hydroxylation sites is 3. The first-order valence-corrected chi connectivity index (χ1v) is 11.4. The quantitative estimate of drug-likeness (QED) is 0.318. The Kier molecular flexibility index (Phi) is 6.20. The predicted octanol–water partition coefficient (Wildman–Crippen LogP) is 6.04. The van der Waals surface area contributed by atoms with Crippen molar-refractivity contribution in [2.75, 3.05) is 10.6 Å². The summed E-state index contributed by atoms with van der Waals surface area (Å²) >= 11 is 6.51. The number of aliphatic imine (C=N–C) groups is 1. The number of hydrogen-bond donors (Lipinski definition) is 3. The highest BCUT2D eigenvalue weighted by Gasteiger charge is 2.32. The summed E-state index contributed by atoms with van der Waals surface area (Å²) in [6.45, 7) is 1.91. The van der Waals surface area contributed by atoms with Gasteiger partial charge in [-0.05, 0) is 36.8 Å². The number of allylic oxidation sites excluding steroid dienone is 1. The van der Waals surface area contributed by atoms with Gasteiger partial charge in [-0.2, -0.15) is 4.98 Å². The van der Waals surface area contributed by atoms with Crippen molar-refractivity contribution in [3.8, 4) is 0 Å². The minimum absolute atomic E-state index is 0.0812. The first-order valence-electron chi connectivity index (χ1n) is 11.0. The average Bonchev–Trinajstić information content (AvgIpc) is 3.27. The predicted molar refractivity (Wildman–Crippen MR) is 135 cm³/mol. The number of oxazole rings is 1. The lowest BCUT2D eigenvalue weighted by Gasteiger charge is -2.28. The summed E-state index contributed by atoms with van der Waals surface area (Å²) in [6.07, 6.45) is 0.481. The number of anilines is 2. The highest BCUT2D eigenvalue weighted by atomic mass is 35.5. The molecule has 1 aromatic heterocycles. The van der Waals surface area contributed by atoms with E-state index < -0.39 is 17.8 Å². The molecule has 7 nitrogen and oxygen atoms in total. The van der Waals surface area contributed by atoms with Crippen LogP contribution >= 0.6 is 11.6 Å². The molecule has 0 radical (unpaired) electrons. The molecule has 4 aromatic rings. The highest BCUT2D eigenvalue weighted by Crippen LogP contribution is 2.36. The first-order chi connectivity index (χ1) is 17.0. The van der Waals surface area contributed by atoms with E-state index in [0.717, 1.165) is 0 Å². The molecule has 1 atom stereocenters. The van der Waals surface area contributed by atoms with Crippen molar-refractivity contribution >= 4 is 46.3 Å². The van der Waals surface area contributed by atoms with Crippen LogP contribution in [0.1, 0.15) is 24.9 Å². The molecule has 0 saturated carbocycles. The molecule has 1 amide bonds. The lowest BCUT2D eigenvalue weighted by Crippen LogP contribution is -2.38. The minimum Gasteiger partial charge on any atom is -0.423 e. The Balaban J connectivity index is 1.53. The number of guanidine groups is 1. The second-order valence-electron chi connectivity index (χ2n) is 7.82. The molecule has 9 heteroatoms. The fourth-order valence-corrected chi connectivity index (χ4v) is 4.14. The Labute approximate surface area is 205 Å². The normalized spacial score (nSPS) is 15.5. The van der Waals surface area contributed by atoms with Gasteiger partial charge in [0.15, 0.2) is 5.58 Å².